The van der Waals surface area contributed by atoms with Crippen LogP contribution in [-0.4, -0.2) is 60.4 Å². The number of esters is 1. The summed E-state index contributed by atoms with van der Waals surface area (Å²) in [5.41, 5.74) is 2.79. The molecule has 0 fully saturated rings. The van der Waals surface area contributed by atoms with Crippen molar-refractivity contribution in [2.45, 2.75) is 51.8 Å². The molecule has 12 heteroatoms. The first-order chi connectivity index (χ1) is 17.1. The maximum absolute atomic E-state index is 12.5. The van der Waals surface area contributed by atoms with E-state index in [9.17, 15) is 13.2 Å². The number of rotatable bonds is 8. The summed E-state index contributed by atoms with van der Waals surface area (Å²) in [6.07, 6.45) is 2.82. The minimum absolute atomic E-state index is 0.0234. The summed E-state index contributed by atoms with van der Waals surface area (Å²) in [5, 5.41) is 0. The number of anilines is 1. The molecule has 1 aliphatic rings. The van der Waals surface area contributed by atoms with Crippen LogP contribution in [0.3, 0.4) is 0 Å². The Labute approximate surface area is 210 Å². The molecule has 0 amide bonds. The van der Waals surface area contributed by atoms with E-state index in [2.05, 4.69) is 23.7 Å². The van der Waals surface area contributed by atoms with Crippen LogP contribution in [0.4, 0.5) is 5.95 Å². The zero-order chi connectivity index (χ0) is 26.2. The van der Waals surface area contributed by atoms with Crippen molar-refractivity contribution in [2.75, 3.05) is 31.4 Å². The number of hydrogen-bond acceptors (Lipinski definition) is 10. The van der Waals surface area contributed by atoms with Crippen LogP contribution in [0, 0.1) is 12.8 Å². The second-order valence-corrected chi connectivity index (χ2v) is 11.0. The number of aryl methyl sites for hydroxylation is 1. The maximum Gasteiger partial charge on any atom is 0.339 e. The fraction of sp³-hybridized carbons (Fsp3) is 0.500. The number of aromatic nitrogens is 4. The molecule has 0 aliphatic carbocycles. The van der Waals surface area contributed by atoms with E-state index in [1.54, 1.807) is 6.20 Å². The third kappa shape index (κ3) is 4.80. The number of benzene rings is 1. The molecule has 0 unspecified atom stereocenters. The second-order valence-electron chi connectivity index (χ2n) is 9.05. The summed E-state index contributed by atoms with van der Waals surface area (Å²) in [7, 11) is -2.46. The smallest absolute Gasteiger partial charge is 0.339 e. The highest BCUT2D eigenvalue weighted by Crippen LogP contribution is 2.37. The van der Waals surface area contributed by atoms with Gasteiger partial charge in [0.25, 0.3) is 0 Å². The SMILES string of the molecule is CCOOCc1cnc(N2CCn3c(nc4cc(C(=O)OC)c(S(C)(=O)=O)cc43)[C@H]2C(C)C)nc1C. The van der Waals surface area contributed by atoms with Crippen molar-refractivity contribution in [3.8, 4) is 0 Å². The number of imidazole rings is 1. The normalized spacial score (nSPS) is 16.0. The summed E-state index contributed by atoms with van der Waals surface area (Å²) in [4.78, 5) is 38.7. The van der Waals surface area contributed by atoms with E-state index in [4.69, 9.17) is 24.5 Å². The Morgan fingerprint density at radius 1 is 1.19 bits per heavy atom. The first-order valence-corrected chi connectivity index (χ1v) is 13.6. The number of hydrogen-bond donors (Lipinski definition) is 0. The van der Waals surface area contributed by atoms with E-state index in [0.717, 1.165) is 23.3 Å². The lowest BCUT2D eigenvalue weighted by atomic mass is 10.00. The van der Waals surface area contributed by atoms with Crippen molar-refractivity contribution in [3.05, 3.63) is 41.0 Å². The Kier molecular flexibility index (Phi) is 7.30. The molecule has 3 heterocycles. The topological polar surface area (TPSA) is 126 Å². The Morgan fingerprint density at radius 3 is 2.56 bits per heavy atom. The molecule has 194 valence electrons. The van der Waals surface area contributed by atoms with E-state index in [1.165, 1.54) is 19.2 Å². The molecule has 1 aromatic carbocycles. The van der Waals surface area contributed by atoms with E-state index < -0.39 is 15.8 Å². The second kappa shape index (κ2) is 10.1. The number of nitrogens with zero attached hydrogens (tertiary/aromatic N) is 5. The molecule has 1 aliphatic heterocycles. The molecule has 4 rings (SSSR count). The van der Waals surface area contributed by atoms with Crippen molar-refractivity contribution in [1.82, 2.24) is 19.5 Å². The fourth-order valence-electron chi connectivity index (χ4n) is 4.52. The van der Waals surface area contributed by atoms with Gasteiger partial charge in [0.2, 0.25) is 5.95 Å². The van der Waals surface area contributed by atoms with Crippen LogP contribution in [0.25, 0.3) is 11.0 Å². The minimum atomic E-state index is -3.68. The molecule has 0 bridgehead atoms. The molecule has 0 saturated heterocycles. The van der Waals surface area contributed by atoms with Gasteiger partial charge in [0.05, 0.1) is 41.3 Å². The first kappa shape index (κ1) is 26.0. The van der Waals surface area contributed by atoms with Crippen molar-refractivity contribution < 1.29 is 27.7 Å². The molecule has 0 spiro atoms. The standard InChI is InChI=1S/C24H31N5O6S/c1-7-34-35-13-16-12-25-24(26-15(16)4)29-9-8-28-19-11-20(36(6,31)32)17(23(30)33-5)10-18(19)27-22(28)21(29)14(2)3/h10-12,14,21H,7-9,13H2,1-6H3/t21-/m1/s1. The average Bonchev–Trinajstić information content (AvgIpc) is 3.20. The Morgan fingerprint density at radius 2 is 1.94 bits per heavy atom. The molecular weight excluding hydrogens is 486 g/mol. The van der Waals surface area contributed by atoms with Gasteiger partial charge in [-0.15, -0.1) is 0 Å². The maximum atomic E-state index is 12.5. The van der Waals surface area contributed by atoms with Crippen molar-refractivity contribution in [2.24, 2.45) is 5.92 Å². The molecule has 36 heavy (non-hydrogen) atoms. The number of carbonyl (C=O) groups excluding carboxylic acids is 1. The van der Waals surface area contributed by atoms with Gasteiger partial charge in [0.15, 0.2) is 9.84 Å². The monoisotopic (exact) mass is 517 g/mol. The van der Waals surface area contributed by atoms with Gasteiger partial charge in [-0.2, -0.15) is 0 Å². The van der Waals surface area contributed by atoms with Crippen LogP contribution < -0.4 is 4.90 Å². The van der Waals surface area contributed by atoms with Crippen LogP contribution in [0.15, 0.2) is 23.2 Å². The van der Waals surface area contributed by atoms with E-state index >= 15 is 0 Å². The number of methoxy groups -OCH3 is 1. The Hall–Kier alpha value is -3.09. The predicted octanol–water partition coefficient (Wildman–Crippen LogP) is 3.01. The summed E-state index contributed by atoms with van der Waals surface area (Å²) >= 11 is 0. The van der Waals surface area contributed by atoms with Crippen LogP contribution in [0.1, 0.15) is 54.3 Å². The number of fused-ring (bicyclic) bond motifs is 3. The summed E-state index contributed by atoms with van der Waals surface area (Å²) in [5.74, 6) is 0.761. The van der Waals surface area contributed by atoms with E-state index in [-0.39, 0.29) is 29.0 Å². The Balaban J connectivity index is 1.78. The van der Waals surface area contributed by atoms with E-state index in [1.807, 2.05) is 18.4 Å². The lowest BCUT2D eigenvalue weighted by molar-refractivity contribution is -0.300. The highest BCUT2D eigenvalue weighted by atomic mass is 32.2. The van der Waals surface area contributed by atoms with Crippen molar-refractivity contribution in [1.29, 1.82) is 0 Å². The number of ether oxygens (including phenoxy) is 1. The molecule has 3 aromatic rings. The molecule has 2 aromatic heterocycles. The molecule has 11 nitrogen and oxygen atoms in total. The largest absolute Gasteiger partial charge is 0.465 e. The molecule has 1 atom stereocenters. The van der Waals surface area contributed by atoms with Gasteiger partial charge in [-0.3, -0.25) is 0 Å². The third-order valence-electron chi connectivity index (χ3n) is 6.22. The zero-order valence-corrected chi connectivity index (χ0v) is 22.1. The van der Waals surface area contributed by atoms with Gasteiger partial charge in [0, 0.05) is 36.8 Å². The summed E-state index contributed by atoms with van der Waals surface area (Å²) in [6, 6.07) is 2.85. The quantitative estimate of drug-likeness (QED) is 0.190. The van der Waals surface area contributed by atoms with Crippen molar-refractivity contribution >= 4 is 32.8 Å². The summed E-state index contributed by atoms with van der Waals surface area (Å²) in [6.45, 7) is 9.79. The molecule has 0 radical (unpaired) electrons. The lowest BCUT2D eigenvalue weighted by Gasteiger charge is -2.38. The van der Waals surface area contributed by atoms with Crippen LogP contribution in [0.2, 0.25) is 0 Å². The van der Waals surface area contributed by atoms with E-state index in [0.29, 0.717) is 36.7 Å². The fourth-order valence-corrected chi connectivity index (χ4v) is 5.39. The number of sulfone groups is 1. The van der Waals surface area contributed by atoms with Crippen LogP contribution in [0.5, 0.6) is 0 Å². The Bertz CT molecular complexity index is 1400. The molecular formula is C24H31N5O6S. The van der Waals surface area contributed by atoms with Gasteiger partial charge in [0.1, 0.15) is 12.4 Å². The van der Waals surface area contributed by atoms with Gasteiger partial charge in [-0.05, 0) is 31.9 Å². The molecule has 0 N–H and O–H groups in total. The minimum Gasteiger partial charge on any atom is -0.465 e. The third-order valence-corrected chi connectivity index (χ3v) is 7.36. The summed E-state index contributed by atoms with van der Waals surface area (Å²) < 4.78 is 31.8. The van der Waals surface area contributed by atoms with Gasteiger partial charge < -0.3 is 14.2 Å². The highest BCUT2D eigenvalue weighted by Gasteiger charge is 2.35. The van der Waals surface area contributed by atoms with Gasteiger partial charge in [-0.1, -0.05) is 13.8 Å². The lowest BCUT2D eigenvalue weighted by Crippen LogP contribution is -2.42. The predicted molar refractivity (Wildman–Crippen MR) is 132 cm³/mol. The van der Waals surface area contributed by atoms with Crippen LogP contribution >= 0.6 is 0 Å². The number of carbonyl (C=O) groups is 1. The zero-order valence-electron chi connectivity index (χ0n) is 21.3. The molecule has 0 saturated carbocycles. The first-order valence-electron chi connectivity index (χ1n) is 11.7. The average molecular weight is 518 g/mol. The highest BCUT2D eigenvalue weighted by molar-refractivity contribution is 7.90. The van der Waals surface area contributed by atoms with Crippen LogP contribution in [-0.2, 0) is 37.5 Å². The van der Waals surface area contributed by atoms with Crippen molar-refractivity contribution in [3.63, 3.8) is 0 Å². The van der Waals surface area contributed by atoms with Gasteiger partial charge in [-0.25, -0.2) is 37.9 Å². The van der Waals surface area contributed by atoms with Gasteiger partial charge >= 0.3 is 5.97 Å².